The molecule has 0 atom stereocenters. The minimum Gasteiger partial charge on any atom is -0.465 e. The third-order valence-corrected chi connectivity index (χ3v) is 4.94. The van der Waals surface area contributed by atoms with Crippen molar-refractivity contribution in [1.82, 2.24) is 4.98 Å². The molecule has 0 bridgehead atoms. The van der Waals surface area contributed by atoms with Crippen LogP contribution in [-0.4, -0.2) is 29.7 Å². The molecule has 1 N–H and O–H groups in total. The number of amides is 1. The molecular weight excluding hydrogens is 339 g/mol. The average Bonchev–Trinajstić information content (AvgIpc) is 2.89. The van der Waals surface area contributed by atoms with Crippen molar-refractivity contribution in [2.24, 2.45) is 0 Å². The van der Waals surface area contributed by atoms with E-state index in [0.717, 1.165) is 11.3 Å². The highest BCUT2D eigenvalue weighted by Crippen LogP contribution is 2.24. The predicted molar refractivity (Wildman–Crippen MR) is 88.6 cm³/mol. The lowest BCUT2D eigenvalue weighted by molar-refractivity contribution is -0.115. The van der Waals surface area contributed by atoms with E-state index in [0.29, 0.717) is 26.4 Å². The first-order valence-electron chi connectivity index (χ1n) is 6.74. The molecule has 2 rings (SSSR count). The van der Waals surface area contributed by atoms with Crippen molar-refractivity contribution >= 4 is 40.1 Å². The van der Waals surface area contributed by atoms with Crippen molar-refractivity contribution in [2.75, 3.05) is 18.2 Å². The van der Waals surface area contributed by atoms with Crippen molar-refractivity contribution < 1.29 is 18.7 Å². The number of thiazole rings is 1. The summed E-state index contributed by atoms with van der Waals surface area (Å²) >= 11 is 2.34. The van der Waals surface area contributed by atoms with Crippen LogP contribution in [0.15, 0.2) is 29.2 Å². The molecule has 0 fully saturated rings. The van der Waals surface area contributed by atoms with Gasteiger partial charge in [0, 0.05) is 17.1 Å². The van der Waals surface area contributed by atoms with E-state index in [2.05, 4.69) is 15.0 Å². The summed E-state index contributed by atoms with van der Waals surface area (Å²) in [5.74, 6) is -0.563. The first-order chi connectivity index (χ1) is 11.0. The number of ether oxygens (including phenoxy) is 1. The van der Waals surface area contributed by atoms with Gasteiger partial charge in [-0.2, -0.15) is 0 Å². The van der Waals surface area contributed by atoms with Gasteiger partial charge in [0.25, 0.3) is 0 Å². The standard InChI is InChI=1S/C15H15FN2O3S2/c1-9-13(14(20)21-2)23-15(17-9)18-12(19)7-8-22-11-6-4-3-5-10(11)16/h3-6H,7-8H2,1-2H3,(H,17,18,19). The van der Waals surface area contributed by atoms with E-state index in [9.17, 15) is 14.0 Å². The highest BCUT2D eigenvalue weighted by molar-refractivity contribution is 7.99. The SMILES string of the molecule is COC(=O)c1sc(NC(=O)CCSc2ccccc2F)nc1C. The Bertz CT molecular complexity index is 718. The maximum absolute atomic E-state index is 13.4. The van der Waals surface area contributed by atoms with Gasteiger partial charge in [-0.3, -0.25) is 4.79 Å². The predicted octanol–water partition coefficient (Wildman–Crippen LogP) is 3.50. The van der Waals surface area contributed by atoms with E-state index < -0.39 is 5.97 Å². The van der Waals surface area contributed by atoms with Gasteiger partial charge in [0.2, 0.25) is 5.91 Å². The van der Waals surface area contributed by atoms with Crippen molar-refractivity contribution in [2.45, 2.75) is 18.2 Å². The molecule has 0 aliphatic heterocycles. The summed E-state index contributed by atoms with van der Waals surface area (Å²) < 4.78 is 18.1. The van der Waals surface area contributed by atoms with E-state index in [1.807, 2.05) is 0 Å². The molecule has 0 aliphatic carbocycles. The fourth-order valence-corrected chi connectivity index (χ4v) is 3.52. The number of nitrogens with zero attached hydrogens (tertiary/aromatic N) is 1. The number of benzene rings is 1. The number of anilines is 1. The number of nitrogens with one attached hydrogen (secondary N) is 1. The van der Waals surface area contributed by atoms with Gasteiger partial charge < -0.3 is 10.1 Å². The third kappa shape index (κ3) is 4.77. The quantitative estimate of drug-likeness (QED) is 0.635. The molecular formula is C15H15FN2O3S2. The smallest absolute Gasteiger partial charge is 0.350 e. The van der Waals surface area contributed by atoms with Crippen molar-refractivity contribution in [3.63, 3.8) is 0 Å². The summed E-state index contributed by atoms with van der Waals surface area (Å²) in [7, 11) is 1.29. The fourth-order valence-electron chi connectivity index (χ4n) is 1.73. The number of hydrogen-bond acceptors (Lipinski definition) is 6. The van der Waals surface area contributed by atoms with Crippen LogP contribution < -0.4 is 5.32 Å². The molecule has 0 saturated heterocycles. The van der Waals surface area contributed by atoms with Crippen LogP contribution in [0.4, 0.5) is 9.52 Å². The Morgan fingerprint density at radius 3 is 2.83 bits per heavy atom. The summed E-state index contributed by atoms with van der Waals surface area (Å²) in [5, 5.41) is 2.99. The van der Waals surface area contributed by atoms with E-state index >= 15 is 0 Å². The van der Waals surface area contributed by atoms with Crippen molar-refractivity contribution in [3.8, 4) is 0 Å². The van der Waals surface area contributed by atoms with Gasteiger partial charge in [0.15, 0.2) is 5.13 Å². The first kappa shape index (κ1) is 17.4. The number of rotatable bonds is 6. The second-order valence-corrected chi connectivity index (χ2v) is 6.64. The van der Waals surface area contributed by atoms with Crippen LogP contribution >= 0.6 is 23.1 Å². The van der Waals surface area contributed by atoms with Gasteiger partial charge in [-0.1, -0.05) is 23.5 Å². The van der Waals surface area contributed by atoms with Gasteiger partial charge in [-0.15, -0.1) is 11.8 Å². The number of esters is 1. The molecule has 122 valence electrons. The largest absolute Gasteiger partial charge is 0.465 e. The van der Waals surface area contributed by atoms with Crippen molar-refractivity contribution in [3.05, 3.63) is 40.7 Å². The second kappa shape index (κ2) is 8.07. The molecule has 0 aliphatic rings. The number of hydrogen-bond donors (Lipinski definition) is 1. The van der Waals surface area contributed by atoms with Crippen LogP contribution in [0.25, 0.3) is 0 Å². The van der Waals surface area contributed by atoms with Crippen LogP contribution in [-0.2, 0) is 9.53 Å². The van der Waals surface area contributed by atoms with Crippen LogP contribution in [0.2, 0.25) is 0 Å². The number of aryl methyl sites for hydroxylation is 1. The van der Waals surface area contributed by atoms with E-state index in [-0.39, 0.29) is 18.1 Å². The Morgan fingerprint density at radius 2 is 2.13 bits per heavy atom. The number of carbonyl (C=O) groups is 2. The van der Waals surface area contributed by atoms with Crippen LogP contribution in [0.5, 0.6) is 0 Å². The number of aromatic nitrogens is 1. The summed E-state index contributed by atoms with van der Waals surface area (Å²) in [5.41, 5.74) is 0.512. The highest BCUT2D eigenvalue weighted by atomic mass is 32.2. The Labute approximate surface area is 141 Å². The van der Waals surface area contributed by atoms with Crippen LogP contribution in [0, 0.1) is 12.7 Å². The van der Waals surface area contributed by atoms with Crippen LogP contribution in [0.3, 0.4) is 0 Å². The molecule has 1 aromatic heterocycles. The average molecular weight is 354 g/mol. The normalized spacial score (nSPS) is 10.4. The maximum Gasteiger partial charge on any atom is 0.350 e. The minimum absolute atomic E-state index is 0.213. The van der Waals surface area contributed by atoms with Gasteiger partial charge >= 0.3 is 5.97 Å². The molecule has 2 aromatic rings. The maximum atomic E-state index is 13.4. The lowest BCUT2D eigenvalue weighted by Crippen LogP contribution is -2.12. The molecule has 1 heterocycles. The molecule has 23 heavy (non-hydrogen) atoms. The Hall–Kier alpha value is -1.93. The molecule has 0 spiro atoms. The fraction of sp³-hybridized carbons (Fsp3) is 0.267. The zero-order valence-electron chi connectivity index (χ0n) is 12.6. The zero-order valence-corrected chi connectivity index (χ0v) is 14.2. The minimum atomic E-state index is -0.476. The van der Waals surface area contributed by atoms with Gasteiger partial charge in [0.1, 0.15) is 10.7 Å². The molecule has 0 saturated carbocycles. The lowest BCUT2D eigenvalue weighted by Gasteiger charge is -2.03. The van der Waals surface area contributed by atoms with E-state index in [1.165, 1.54) is 24.9 Å². The number of halogens is 1. The zero-order chi connectivity index (χ0) is 16.8. The summed E-state index contributed by atoms with van der Waals surface area (Å²) in [6.07, 6.45) is 0.213. The van der Waals surface area contributed by atoms with Gasteiger partial charge in [-0.05, 0) is 19.1 Å². The summed E-state index contributed by atoms with van der Waals surface area (Å²) in [4.78, 5) is 28.4. The highest BCUT2D eigenvalue weighted by Gasteiger charge is 2.16. The number of methoxy groups -OCH3 is 1. The summed E-state index contributed by atoms with van der Waals surface area (Å²) in [6.45, 7) is 1.67. The lowest BCUT2D eigenvalue weighted by atomic mass is 10.3. The summed E-state index contributed by atoms with van der Waals surface area (Å²) in [6, 6.07) is 6.42. The number of carbonyl (C=O) groups excluding carboxylic acids is 2. The Morgan fingerprint density at radius 1 is 1.39 bits per heavy atom. The molecule has 0 radical (unpaired) electrons. The van der Waals surface area contributed by atoms with Gasteiger partial charge in [0.05, 0.1) is 12.8 Å². The first-order valence-corrected chi connectivity index (χ1v) is 8.54. The van der Waals surface area contributed by atoms with E-state index in [4.69, 9.17) is 0 Å². The number of thioether (sulfide) groups is 1. The molecule has 1 amide bonds. The van der Waals surface area contributed by atoms with E-state index in [1.54, 1.807) is 25.1 Å². The topological polar surface area (TPSA) is 68.3 Å². The molecule has 5 nitrogen and oxygen atoms in total. The Balaban J connectivity index is 1.86. The molecule has 1 aromatic carbocycles. The Kier molecular flexibility index (Phi) is 6.12. The van der Waals surface area contributed by atoms with Crippen LogP contribution in [0.1, 0.15) is 21.8 Å². The second-order valence-electron chi connectivity index (χ2n) is 4.50. The van der Waals surface area contributed by atoms with Crippen molar-refractivity contribution in [1.29, 1.82) is 0 Å². The molecule has 8 heteroatoms. The molecule has 0 unspecified atom stereocenters. The third-order valence-electron chi connectivity index (χ3n) is 2.84. The monoisotopic (exact) mass is 354 g/mol. The van der Waals surface area contributed by atoms with Gasteiger partial charge in [-0.25, -0.2) is 14.2 Å².